The lowest BCUT2D eigenvalue weighted by Crippen LogP contribution is -2.18. The number of halogens is 3. The molecular formula is C22H21F3N8O4S. The van der Waals surface area contributed by atoms with Crippen molar-refractivity contribution in [3.05, 3.63) is 50.0 Å². The van der Waals surface area contributed by atoms with E-state index in [0.29, 0.717) is 22.6 Å². The van der Waals surface area contributed by atoms with Gasteiger partial charge in [-0.1, -0.05) is 0 Å². The highest BCUT2D eigenvalue weighted by Gasteiger charge is 2.35. The van der Waals surface area contributed by atoms with E-state index in [4.69, 9.17) is 5.73 Å². The molecule has 0 aliphatic rings. The van der Waals surface area contributed by atoms with Gasteiger partial charge in [0, 0.05) is 30.1 Å². The zero-order valence-corrected chi connectivity index (χ0v) is 21.3. The summed E-state index contributed by atoms with van der Waals surface area (Å²) in [5, 5.41) is 22.1. The summed E-state index contributed by atoms with van der Waals surface area (Å²) in [6, 6.07) is 0.842. The van der Waals surface area contributed by atoms with Crippen molar-refractivity contribution >= 4 is 44.7 Å². The summed E-state index contributed by atoms with van der Waals surface area (Å²) in [6.07, 6.45) is -3.60. The van der Waals surface area contributed by atoms with Crippen LogP contribution in [-0.2, 0) is 24.6 Å². The molecule has 4 aromatic rings. The van der Waals surface area contributed by atoms with Crippen molar-refractivity contribution in [3.8, 4) is 11.1 Å². The Bertz CT molecular complexity index is 1620. The first-order valence-electron chi connectivity index (χ1n) is 11.0. The SMILES string of the molecule is Cc1nn(CCC(=O)Nc2c(C(N)=O)sc3nc(C(F)(F)F)cc(-c4cnn(C)c4C)c23)c(C)c1[N+](=O)[O-]. The maximum Gasteiger partial charge on any atom is 0.433 e. The van der Waals surface area contributed by atoms with Crippen LogP contribution in [-0.4, -0.2) is 41.3 Å². The van der Waals surface area contributed by atoms with Gasteiger partial charge in [-0.3, -0.25) is 29.1 Å². The fourth-order valence-corrected chi connectivity index (χ4v) is 5.10. The van der Waals surface area contributed by atoms with Gasteiger partial charge in [-0.25, -0.2) is 4.98 Å². The van der Waals surface area contributed by atoms with E-state index < -0.39 is 28.6 Å². The first-order valence-corrected chi connectivity index (χ1v) is 11.8. The Morgan fingerprint density at radius 1 is 1.21 bits per heavy atom. The molecule has 4 rings (SSSR count). The van der Waals surface area contributed by atoms with Crippen LogP contribution in [0.4, 0.5) is 24.5 Å². The van der Waals surface area contributed by atoms with E-state index >= 15 is 0 Å². The van der Waals surface area contributed by atoms with Crippen molar-refractivity contribution in [2.45, 2.75) is 39.9 Å². The van der Waals surface area contributed by atoms with E-state index in [1.54, 1.807) is 14.0 Å². The molecule has 38 heavy (non-hydrogen) atoms. The summed E-state index contributed by atoms with van der Waals surface area (Å²) in [6.45, 7) is 4.61. The lowest BCUT2D eigenvalue weighted by molar-refractivity contribution is -0.386. The average Bonchev–Trinajstić information content (AvgIpc) is 3.44. The van der Waals surface area contributed by atoms with Gasteiger partial charge in [0.1, 0.15) is 26.8 Å². The number of nitrogens with two attached hydrogens (primary N) is 1. The third-order valence-electron chi connectivity index (χ3n) is 6.04. The van der Waals surface area contributed by atoms with Crippen molar-refractivity contribution in [3.63, 3.8) is 0 Å². The third kappa shape index (κ3) is 4.69. The van der Waals surface area contributed by atoms with Crippen molar-refractivity contribution < 1.29 is 27.7 Å². The quantitative estimate of drug-likeness (QED) is 0.260. The number of nitrogens with one attached hydrogen (secondary N) is 1. The Balaban J connectivity index is 1.79. The average molecular weight is 551 g/mol. The number of hydrogen-bond acceptors (Lipinski definition) is 8. The molecule has 0 bridgehead atoms. The molecule has 0 spiro atoms. The van der Waals surface area contributed by atoms with Crippen LogP contribution in [0.25, 0.3) is 21.3 Å². The van der Waals surface area contributed by atoms with Gasteiger partial charge in [0.05, 0.1) is 23.4 Å². The largest absolute Gasteiger partial charge is 0.433 e. The summed E-state index contributed by atoms with van der Waals surface area (Å²) in [4.78, 5) is 39.2. The minimum absolute atomic E-state index is 0.0225. The van der Waals surface area contributed by atoms with Gasteiger partial charge < -0.3 is 11.1 Å². The molecule has 0 fully saturated rings. The van der Waals surface area contributed by atoms with Gasteiger partial charge >= 0.3 is 11.9 Å². The van der Waals surface area contributed by atoms with E-state index in [1.807, 2.05) is 0 Å². The molecule has 0 aliphatic heterocycles. The van der Waals surface area contributed by atoms with Crippen molar-refractivity contribution in [2.24, 2.45) is 12.8 Å². The second-order valence-corrected chi connectivity index (χ2v) is 9.47. The topological polar surface area (TPSA) is 164 Å². The molecule has 4 aromatic heterocycles. The van der Waals surface area contributed by atoms with E-state index in [-0.39, 0.29) is 56.4 Å². The van der Waals surface area contributed by atoms with Gasteiger partial charge in [0.15, 0.2) is 0 Å². The van der Waals surface area contributed by atoms with Crippen LogP contribution in [0, 0.1) is 30.9 Å². The second-order valence-electron chi connectivity index (χ2n) is 8.47. The fourth-order valence-electron chi connectivity index (χ4n) is 4.09. The molecule has 0 unspecified atom stereocenters. The number of thiophene rings is 1. The Morgan fingerprint density at radius 3 is 2.42 bits per heavy atom. The second kappa shape index (κ2) is 9.51. The van der Waals surface area contributed by atoms with Crippen LogP contribution in [0.1, 0.15) is 38.9 Å². The Morgan fingerprint density at radius 2 is 1.89 bits per heavy atom. The zero-order chi connectivity index (χ0) is 28.1. The van der Waals surface area contributed by atoms with Crippen LogP contribution in [0.3, 0.4) is 0 Å². The van der Waals surface area contributed by atoms with Crippen LogP contribution in [0.2, 0.25) is 0 Å². The monoisotopic (exact) mass is 550 g/mol. The molecule has 3 N–H and O–H groups in total. The number of alkyl halides is 3. The normalized spacial score (nSPS) is 11.8. The number of pyridine rings is 1. The lowest BCUT2D eigenvalue weighted by Gasteiger charge is -2.12. The van der Waals surface area contributed by atoms with Crippen molar-refractivity contribution in [2.75, 3.05) is 5.32 Å². The predicted octanol–water partition coefficient (Wildman–Crippen LogP) is 3.87. The van der Waals surface area contributed by atoms with Gasteiger partial charge in [0.2, 0.25) is 5.91 Å². The Hall–Kier alpha value is -4.34. The number of aromatic nitrogens is 5. The Labute approximate surface area is 216 Å². The number of nitrogens with zero attached hydrogens (tertiary/aromatic N) is 6. The molecular weight excluding hydrogens is 529 g/mol. The first-order chi connectivity index (χ1) is 17.7. The van der Waals surface area contributed by atoms with Crippen LogP contribution in [0.5, 0.6) is 0 Å². The third-order valence-corrected chi connectivity index (χ3v) is 7.14. The van der Waals surface area contributed by atoms with E-state index in [2.05, 4.69) is 20.5 Å². The molecule has 16 heteroatoms. The summed E-state index contributed by atoms with van der Waals surface area (Å²) >= 11 is 0.631. The standard InChI is InChI=1S/C22H21F3N8O4S/c1-9-18(33(36)37)11(3)32(30-9)6-5-15(34)29-17-16-12(13-8-27-31(4)10(13)2)7-14(22(23,24)25)28-21(16)38-19(17)20(26)35/h7-8H,5-6H2,1-4H3,(H2,26,35)(H,29,34). The van der Waals surface area contributed by atoms with E-state index in [9.17, 15) is 32.9 Å². The molecule has 2 amide bonds. The van der Waals surface area contributed by atoms with Gasteiger partial charge in [-0.05, 0) is 32.4 Å². The number of fused-ring (bicyclic) bond motifs is 1. The minimum atomic E-state index is -4.78. The van der Waals surface area contributed by atoms with Crippen LogP contribution >= 0.6 is 11.3 Å². The number of nitro groups is 1. The highest BCUT2D eigenvalue weighted by Crippen LogP contribution is 2.44. The van der Waals surface area contributed by atoms with E-state index in [0.717, 1.165) is 6.07 Å². The van der Waals surface area contributed by atoms with Crippen LogP contribution < -0.4 is 11.1 Å². The van der Waals surface area contributed by atoms with Crippen LogP contribution in [0.15, 0.2) is 12.3 Å². The highest BCUT2D eigenvalue weighted by atomic mass is 32.1. The summed E-state index contributed by atoms with van der Waals surface area (Å²) in [5.74, 6) is -1.57. The maximum atomic E-state index is 13.7. The number of carbonyl (C=O) groups excluding carboxylic acids is 2. The van der Waals surface area contributed by atoms with Crippen molar-refractivity contribution in [1.29, 1.82) is 0 Å². The number of anilines is 1. The number of carbonyl (C=O) groups is 2. The molecule has 0 saturated heterocycles. The van der Waals surface area contributed by atoms with Crippen molar-refractivity contribution in [1.82, 2.24) is 24.5 Å². The molecule has 200 valence electrons. The number of rotatable bonds is 7. The Kier molecular flexibility index (Phi) is 6.69. The lowest BCUT2D eigenvalue weighted by atomic mass is 10.0. The van der Waals surface area contributed by atoms with Gasteiger partial charge in [-0.2, -0.15) is 23.4 Å². The number of hydrogen-bond donors (Lipinski definition) is 2. The summed E-state index contributed by atoms with van der Waals surface area (Å²) in [7, 11) is 1.62. The number of primary amides is 1. The van der Waals surface area contributed by atoms with Gasteiger partial charge in [0.25, 0.3) is 5.91 Å². The molecule has 0 aromatic carbocycles. The fraction of sp³-hybridized carbons (Fsp3) is 0.318. The molecule has 0 saturated carbocycles. The smallest absolute Gasteiger partial charge is 0.365 e. The predicted molar refractivity (Wildman–Crippen MR) is 132 cm³/mol. The van der Waals surface area contributed by atoms with E-state index in [1.165, 1.54) is 29.4 Å². The molecule has 0 radical (unpaired) electrons. The number of amides is 2. The summed E-state index contributed by atoms with van der Waals surface area (Å²) in [5.41, 5.74) is 5.52. The minimum Gasteiger partial charge on any atom is -0.365 e. The van der Waals surface area contributed by atoms with Gasteiger partial charge in [-0.15, -0.1) is 11.3 Å². The maximum absolute atomic E-state index is 13.7. The number of aryl methyl sites for hydroxylation is 3. The first kappa shape index (κ1) is 26.7. The molecule has 0 aliphatic carbocycles. The summed E-state index contributed by atoms with van der Waals surface area (Å²) < 4.78 is 43.8. The highest BCUT2D eigenvalue weighted by molar-refractivity contribution is 7.21. The zero-order valence-electron chi connectivity index (χ0n) is 20.5. The molecule has 12 nitrogen and oxygen atoms in total. The molecule has 4 heterocycles. The molecule has 0 atom stereocenters.